The quantitative estimate of drug-likeness (QED) is 0.902. The van der Waals surface area contributed by atoms with Gasteiger partial charge >= 0.3 is 0 Å². The second-order valence-corrected chi connectivity index (χ2v) is 6.21. The van der Waals surface area contributed by atoms with Crippen LogP contribution >= 0.6 is 22.9 Å². The fourth-order valence-corrected chi connectivity index (χ4v) is 3.46. The van der Waals surface area contributed by atoms with Crippen molar-refractivity contribution in [3.63, 3.8) is 0 Å². The van der Waals surface area contributed by atoms with Crippen molar-refractivity contribution < 1.29 is 4.74 Å². The van der Waals surface area contributed by atoms with Crippen LogP contribution in [-0.4, -0.2) is 18.6 Å². The van der Waals surface area contributed by atoms with Crippen LogP contribution in [0.2, 0.25) is 5.02 Å². The van der Waals surface area contributed by atoms with E-state index in [4.69, 9.17) is 16.3 Å². The van der Waals surface area contributed by atoms with Gasteiger partial charge in [0.15, 0.2) is 0 Å². The van der Waals surface area contributed by atoms with E-state index in [1.807, 2.05) is 25.1 Å². The monoisotopic (exact) mass is 310 g/mol. The second-order valence-electron chi connectivity index (χ2n) is 4.57. The van der Waals surface area contributed by atoms with E-state index in [0.29, 0.717) is 10.8 Å². The maximum atomic E-state index is 6.10. The van der Waals surface area contributed by atoms with Gasteiger partial charge < -0.3 is 10.1 Å². The summed E-state index contributed by atoms with van der Waals surface area (Å²) in [5, 5.41) is 5.22. The molecular formula is C15H19ClN2OS. The fraction of sp³-hybridized carbons (Fsp3) is 0.400. The number of nitrogens with zero attached hydrogens (tertiary/aromatic N) is 1. The number of aromatic nitrogens is 1. The predicted octanol–water partition coefficient (Wildman–Crippen LogP) is 4.12. The average molecular weight is 311 g/mol. The van der Waals surface area contributed by atoms with Crippen molar-refractivity contribution in [2.75, 3.05) is 13.7 Å². The summed E-state index contributed by atoms with van der Waals surface area (Å²) in [6.45, 7) is 7.07. The lowest BCUT2D eigenvalue weighted by atomic mass is 10.0. The fourth-order valence-electron chi connectivity index (χ4n) is 2.24. The van der Waals surface area contributed by atoms with Crippen molar-refractivity contribution in [2.45, 2.75) is 26.8 Å². The van der Waals surface area contributed by atoms with Gasteiger partial charge in [-0.15, -0.1) is 11.3 Å². The summed E-state index contributed by atoms with van der Waals surface area (Å²) in [6, 6.07) is 6.03. The number of hydrogen-bond acceptors (Lipinski definition) is 4. The topological polar surface area (TPSA) is 34.1 Å². The highest BCUT2D eigenvalue weighted by Gasteiger charge is 2.19. The molecule has 1 atom stereocenters. The first-order chi connectivity index (χ1) is 9.56. The van der Waals surface area contributed by atoms with E-state index in [9.17, 15) is 0 Å². The molecule has 1 aromatic heterocycles. The highest BCUT2D eigenvalue weighted by atomic mass is 35.5. The lowest BCUT2D eigenvalue weighted by Gasteiger charge is -2.18. The SMILES string of the molecule is CCNC(c1ccc(Cl)c(OC)c1)c1sc(C)nc1C. The van der Waals surface area contributed by atoms with Gasteiger partial charge in [0.25, 0.3) is 0 Å². The van der Waals surface area contributed by atoms with E-state index < -0.39 is 0 Å². The van der Waals surface area contributed by atoms with Crippen molar-refractivity contribution in [3.8, 4) is 5.75 Å². The van der Waals surface area contributed by atoms with Crippen molar-refractivity contribution >= 4 is 22.9 Å². The summed E-state index contributed by atoms with van der Waals surface area (Å²) in [5.41, 5.74) is 2.22. The zero-order valence-corrected chi connectivity index (χ0v) is 13.7. The highest BCUT2D eigenvalue weighted by Crippen LogP contribution is 2.34. The molecule has 0 bridgehead atoms. The molecule has 20 heavy (non-hydrogen) atoms. The van der Waals surface area contributed by atoms with Crippen molar-refractivity contribution in [2.24, 2.45) is 0 Å². The zero-order chi connectivity index (χ0) is 14.7. The smallest absolute Gasteiger partial charge is 0.137 e. The summed E-state index contributed by atoms with van der Waals surface area (Å²) in [4.78, 5) is 5.77. The van der Waals surface area contributed by atoms with E-state index in [1.165, 1.54) is 4.88 Å². The lowest BCUT2D eigenvalue weighted by molar-refractivity contribution is 0.414. The Kier molecular flexibility index (Phi) is 5.02. The van der Waals surface area contributed by atoms with Crippen LogP contribution in [0, 0.1) is 13.8 Å². The van der Waals surface area contributed by atoms with E-state index in [2.05, 4.69) is 24.1 Å². The van der Waals surface area contributed by atoms with Gasteiger partial charge in [0.1, 0.15) is 5.75 Å². The molecule has 0 radical (unpaired) electrons. The molecule has 1 N–H and O–H groups in total. The molecule has 0 saturated carbocycles. The number of aryl methyl sites for hydroxylation is 2. The lowest BCUT2D eigenvalue weighted by Crippen LogP contribution is -2.21. The van der Waals surface area contributed by atoms with Gasteiger partial charge in [-0.1, -0.05) is 24.6 Å². The molecule has 0 aliphatic rings. The minimum Gasteiger partial charge on any atom is -0.495 e. The molecule has 1 aromatic carbocycles. The molecule has 5 heteroatoms. The van der Waals surface area contributed by atoms with Crippen molar-refractivity contribution in [3.05, 3.63) is 44.4 Å². The Morgan fingerprint density at radius 1 is 1.40 bits per heavy atom. The van der Waals surface area contributed by atoms with Crippen LogP contribution in [-0.2, 0) is 0 Å². The number of thiazole rings is 1. The van der Waals surface area contributed by atoms with E-state index in [-0.39, 0.29) is 6.04 Å². The Morgan fingerprint density at radius 3 is 2.70 bits per heavy atom. The van der Waals surface area contributed by atoms with Gasteiger partial charge in [0.05, 0.1) is 28.9 Å². The van der Waals surface area contributed by atoms with E-state index in [1.54, 1.807) is 18.4 Å². The third-order valence-electron chi connectivity index (χ3n) is 3.12. The number of rotatable bonds is 5. The van der Waals surface area contributed by atoms with Gasteiger partial charge in [0.2, 0.25) is 0 Å². The van der Waals surface area contributed by atoms with Crippen LogP contribution in [0.5, 0.6) is 5.75 Å². The van der Waals surface area contributed by atoms with Crippen molar-refractivity contribution in [1.29, 1.82) is 0 Å². The molecule has 0 aliphatic carbocycles. The molecule has 1 unspecified atom stereocenters. The molecule has 0 spiro atoms. The van der Waals surface area contributed by atoms with Gasteiger partial charge in [-0.2, -0.15) is 0 Å². The average Bonchev–Trinajstić information content (AvgIpc) is 2.75. The predicted molar refractivity (Wildman–Crippen MR) is 85.1 cm³/mol. The zero-order valence-electron chi connectivity index (χ0n) is 12.2. The maximum absolute atomic E-state index is 6.10. The number of benzene rings is 1. The van der Waals surface area contributed by atoms with Gasteiger partial charge in [0, 0.05) is 4.88 Å². The van der Waals surface area contributed by atoms with Gasteiger partial charge in [-0.3, -0.25) is 0 Å². The summed E-state index contributed by atoms with van der Waals surface area (Å²) in [6.07, 6.45) is 0. The summed E-state index contributed by atoms with van der Waals surface area (Å²) >= 11 is 7.83. The molecule has 108 valence electrons. The first-order valence-corrected chi connectivity index (χ1v) is 7.77. The van der Waals surface area contributed by atoms with Gasteiger partial charge in [-0.05, 0) is 38.1 Å². The Labute approximate surface area is 129 Å². The Balaban J connectivity index is 2.45. The minimum atomic E-state index is 0.123. The number of halogens is 1. The van der Waals surface area contributed by atoms with Crippen molar-refractivity contribution in [1.82, 2.24) is 10.3 Å². The van der Waals surface area contributed by atoms with Crippen LogP contribution in [0.3, 0.4) is 0 Å². The first-order valence-electron chi connectivity index (χ1n) is 6.57. The van der Waals surface area contributed by atoms with Crippen LogP contribution in [0.25, 0.3) is 0 Å². The van der Waals surface area contributed by atoms with Crippen LogP contribution in [0.1, 0.15) is 34.1 Å². The van der Waals surface area contributed by atoms with Gasteiger partial charge in [-0.25, -0.2) is 4.98 Å². The normalized spacial score (nSPS) is 12.4. The third kappa shape index (κ3) is 3.14. The molecule has 3 nitrogen and oxygen atoms in total. The Hall–Kier alpha value is -1.10. The third-order valence-corrected chi connectivity index (χ3v) is 4.57. The summed E-state index contributed by atoms with van der Waals surface area (Å²) < 4.78 is 5.31. The van der Waals surface area contributed by atoms with E-state index in [0.717, 1.165) is 22.8 Å². The number of nitrogens with one attached hydrogen (secondary N) is 1. The maximum Gasteiger partial charge on any atom is 0.137 e. The molecule has 0 aliphatic heterocycles. The van der Waals surface area contributed by atoms with Crippen LogP contribution in [0.15, 0.2) is 18.2 Å². The highest BCUT2D eigenvalue weighted by molar-refractivity contribution is 7.11. The summed E-state index contributed by atoms with van der Waals surface area (Å²) in [7, 11) is 1.63. The minimum absolute atomic E-state index is 0.123. The molecule has 0 amide bonds. The van der Waals surface area contributed by atoms with E-state index >= 15 is 0 Å². The number of methoxy groups -OCH3 is 1. The standard InChI is InChI=1S/C15H19ClN2OS/c1-5-17-14(15-9(2)18-10(3)20-15)11-6-7-12(16)13(8-11)19-4/h6-8,14,17H,5H2,1-4H3. The Morgan fingerprint density at radius 2 is 2.15 bits per heavy atom. The largest absolute Gasteiger partial charge is 0.495 e. The molecule has 2 rings (SSSR count). The molecular weight excluding hydrogens is 292 g/mol. The second kappa shape index (κ2) is 6.57. The Bertz CT molecular complexity index is 598. The summed E-state index contributed by atoms with van der Waals surface area (Å²) in [5.74, 6) is 0.700. The molecule has 2 aromatic rings. The number of hydrogen-bond donors (Lipinski definition) is 1. The van der Waals surface area contributed by atoms with Crippen LogP contribution < -0.4 is 10.1 Å². The molecule has 1 heterocycles. The molecule has 0 fully saturated rings. The van der Waals surface area contributed by atoms with Crippen LogP contribution in [0.4, 0.5) is 0 Å². The number of ether oxygens (including phenoxy) is 1. The molecule has 0 saturated heterocycles. The first kappa shape index (κ1) is 15.3.